The van der Waals surface area contributed by atoms with Gasteiger partial charge in [0.2, 0.25) is 0 Å². The lowest BCUT2D eigenvalue weighted by Gasteiger charge is -2.32. The van der Waals surface area contributed by atoms with Crippen molar-refractivity contribution in [2.45, 2.75) is 25.4 Å². The van der Waals surface area contributed by atoms with Crippen molar-refractivity contribution in [1.82, 2.24) is 5.32 Å². The lowest BCUT2D eigenvalue weighted by Crippen LogP contribution is -2.44. The molecule has 0 atom stereocenters. The van der Waals surface area contributed by atoms with Crippen LogP contribution in [0.4, 0.5) is 0 Å². The predicted octanol–water partition coefficient (Wildman–Crippen LogP) is 0.557. The normalized spacial score (nSPS) is 28.3. The van der Waals surface area contributed by atoms with Gasteiger partial charge in [-0.15, -0.1) is 0 Å². The molecule has 0 aromatic carbocycles. The van der Waals surface area contributed by atoms with Crippen LogP contribution in [-0.4, -0.2) is 31.1 Å². The highest BCUT2D eigenvalue weighted by molar-refractivity contribution is 5.75. The van der Waals surface area contributed by atoms with Gasteiger partial charge in [0.15, 0.2) is 5.90 Å². The van der Waals surface area contributed by atoms with Crippen LogP contribution in [0, 0.1) is 0 Å². The maximum atomic E-state index is 5.70. The van der Waals surface area contributed by atoms with Crippen LogP contribution in [0.5, 0.6) is 0 Å². The Bertz CT molecular complexity index is 183. The molecule has 0 aromatic rings. The van der Waals surface area contributed by atoms with Gasteiger partial charge in [-0.25, -0.2) is 0 Å². The van der Waals surface area contributed by atoms with Gasteiger partial charge in [0.1, 0.15) is 5.60 Å². The molecule has 0 aromatic heterocycles. The molecule has 1 saturated heterocycles. The highest BCUT2D eigenvalue weighted by Gasteiger charge is 2.37. The highest BCUT2D eigenvalue weighted by atomic mass is 16.5. The van der Waals surface area contributed by atoms with E-state index in [1.165, 1.54) is 0 Å². The van der Waals surface area contributed by atoms with Crippen LogP contribution in [0.15, 0.2) is 4.99 Å². The number of nitrogens with one attached hydrogen (secondary N) is 1. The quantitative estimate of drug-likeness (QED) is 0.553. The average Bonchev–Trinajstić information content (AvgIpc) is 2.34. The molecule has 2 heterocycles. The Labute approximate surface area is 66.8 Å². The monoisotopic (exact) mass is 154 g/mol. The molecule has 3 nitrogen and oxygen atoms in total. The van der Waals surface area contributed by atoms with Crippen molar-refractivity contribution in [2.75, 3.05) is 19.6 Å². The van der Waals surface area contributed by atoms with E-state index in [0.717, 1.165) is 38.4 Å². The molecule has 3 heteroatoms. The maximum Gasteiger partial charge on any atom is 0.180 e. The van der Waals surface area contributed by atoms with Crippen LogP contribution in [0.1, 0.15) is 19.8 Å². The van der Waals surface area contributed by atoms with Gasteiger partial charge in [-0.1, -0.05) is 0 Å². The summed E-state index contributed by atoms with van der Waals surface area (Å²) in [5, 5.41) is 3.32. The van der Waals surface area contributed by atoms with E-state index in [1.54, 1.807) is 0 Å². The SMILES string of the molecule is CC1=NCC2(CCNCC2)O1. The summed E-state index contributed by atoms with van der Waals surface area (Å²) < 4.78 is 5.70. The molecule has 2 aliphatic rings. The van der Waals surface area contributed by atoms with Crippen molar-refractivity contribution in [3.8, 4) is 0 Å². The minimum Gasteiger partial charge on any atom is -0.473 e. The molecule has 0 amide bonds. The number of ether oxygens (including phenoxy) is 1. The molecule has 0 aliphatic carbocycles. The average molecular weight is 154 g/mol. The van der Waals surface area contributed by atoms with E-state index in [4.69, 9.17) is 4.74 Å². The van der Waals surface area contributed by atoms with Crippen LogP contribution in [0.2, 0.25) is 0 Å². The minimum atomic E-state index is 0.0787. The second-order valence-corrected chi connectivity index (χ2v) is 3.37. The summed E-state index contributed by atoms with van der Waals surface area (Å²) in [4.78, 5) is 4.28. The number of hydrogen-bond acceptors (Lipinski definition) is 3. The molecule has 11 heavy (non-hydrogen) atoms. The summed E-state index contributed by atoms with van der Waals surface area (Å²) in [6.07, 6.45) is 2.21. The summed E-state index contributed by atoms with van der Waals surface area (Å²) >= 11 is 0. The number of piperidine rings is 1. The van der Waals surface area contributed by atoms with E-state index in [9.17, 15) is 0 Å². The summed E-state index contributed by atoms with van der Waals surface area (Å²) in [5.74, 6) is 0.868. The third kappa shape index (κ3) is 1.25. The number of aliphatic imine (C=N–C) groups is 1. The molecule has 2 rings (SSSR count). The molecule has 62 valence electrons. The molecule has 0 saturated carbocycles. The second kappa shape index (κ2) is 2.48. The van der Waals surface area contributed by atoms with E-state index in [-0.39, 0.29) is 5.60 Å². The van der Waals surface area contributed by atoms with Crippen molar-refractivity contribution in [3.05, 3.63) is 0 Å². The Morgan fingerprint density at radius 3 is 2.73 bits per heavy atom. The van der Waals surface area contributed by atoms with E-state index < -0.39 is 0 Å². The molecule has 2 aliphatic heterocycles. The molecule has 1 spiro atoms. The van der Waals surface area contributed by atoms with E-state index in [0.29, 0.717) is 0 Å². The van der Waals surface area contributed by atoms with Crippen molar-refractivity contribution >= 4 is 5.90 Å². The summed E-state index contributed by atoms with van der Waals surface area (Å²) in [7, 11) is 0. The standard InChI is InChI=1S/C8H14N2O/c1-7-10-6-8(11-7)2-4-9-5-3-8/h9H,2-6H2,1H3. The lowest BCUT2D eigenvalue weighted by atomic mass is 9.93. The van der Waals surface area contributed by atoms with E-state index in [2.05, 4.69) is 10.3 Å². The van der Waals surface area contributed by atoms with Gasteiger partial charge >= 0.3 is 0 Å². The molecule has 0 radical (unpaired) electrons. The van der Waals surface area contributed by atoms with Crippen LogP contribution in [0.3, 0.4) is 0 Å². The van der Waals surface area contributed by atoms with Crippen molar-refractivity contribution in [1.29, 1.82) is 0 Å². The smallest absolute Gasteiger partial charge is 0.180 e. The van der Waals surface area contributed by atoms with Crippen LogP contribution in [-0.2, 0) is 4.74 Å². The van der Waals surface area contributed by atoms with E-state index >= 15 is 0 Å². The van der Waals surface area contributed by atoms with Gasteiger partial charge in [0.05, 0.1) is 6.54 Å². The molecule has 1 fully saturated rings. The Morgan fingerprint density at radius 2 is 2.18 bits per heavy atom. The van der Waals surface area contributed by atoms with Crippen molar-refractivity contribution < 1.29 is 4.74 Å². The fraction of sp³-hybridized carbons (Fsp3) is 0.875. The van der Waals surface area contributed by atoms with Gasteiger partial charge < -0.3 is 10.1 Å². The first-order valence-electron chi connectivity index (χ1n) is 4.22. The molecule has 0 unspecified atom stereocenters. The molecule has 1 N–H and O–H groups in total. The number of nitrogens with zero attached hydrogens (tertiary/aromatic N) is 1. The first-order chi connectivity index (χ1) is 5.31. The topological polar surface area (TPSA) is 33.6 Å². The summed E-state index contributed by atoms with van der Waals surface area (Å²) in [6.45, 7) is 4.96. The van der Waals surface area contributed by atoms with Crippen LogP contribution < -0.4 is 5.32 Å². The Hall–Kier alpha value is -0.570. The zero-order chi connectivity index (χ0) is 7.73. The van der Waals surface area contributed by atoms with Gasteiger partial charge in [0.25, 0.3) is 0 Å². The molecular formula is C8H14N2O. The first-order valence-corrected chi connectivity index (χ1v) is 4.22. The fourth-order valence-electron chi connectivity index (χ4n) is 1.78. The number of rotatable bonds is 0. The summed E-state index contributed by atoms with van der Waals surface area (Å²) in [5.41, 5.74) is 0.0787. The van der Waals surface area contributed by atoms with Crippen LogP contribution in [0.25, 0.3) is 0 Å². The zero-order valence-corrected chi connectivity index (χ0v) is 6.89. The zero-order valence-electron chi connectivity index (χ0n) is 6.89. The minimum absolute atomic E-state index is 0.0787. The third-order valence-electron chi connectivity index (χ3n) is 2.47. The maximum absolute atomic E-state index is 5.70. The van der Waals surface area contributed by atoms with Gasteiger partial charge in [-0.05, 0) is 13.1 Å². The molecular weight excluding hydrogens is 140 g/mol. The van der Waals surface area contributed by atoms with Crippen molar-refractivity contribution in [3.63, 3.8) is 0 Å². The Balaban J connectivity index is 2.01. The third-order valence-corrected chi connectivity index (χ3v) is 2.47. The van der Waals surface area contributed by atoms with E-state index in [1.807, 2.05) is 6.92 Å². The first kappa shape index (κ1) is 7.10. The lowest BCUT2D eigenvalue weighted by molar-refractivity contribution is 0.0531. The number of hydrogen-bond donors (Lipinski definition) is 1. The second-order valence-electron chi connectivity index (χ2n) is 3.37. The van der Waals surface area contributed by atoms with Crippen molar-refractivity contribution in [2.24, 2.45) is 4.99 Å². The molecule has 0 bridgehead atoms. The van der Waals surface area contributed by atoms with Gasteiger partial charge in [-0.3, -0.25) is 4.99 Å². The summed E-state index contributed by atoms with van der Waals surface area (Å²) in [6, 6.07) is 0. The van der Waals surface area contributed by atoms with Gasteiger partial charge in [-0.2, -0.15) is 0 Å². The Kier molecular flexibility index (Phi) is 1.60. The largest absolute Gasteiger partial charge is 0.473 e. The predicted molar refractivity (Wildman–Crippen MR) is 43.9 cm³/mol. The highest BCUT2D eigenvalue weighted by Crippen LogP contribution is 2.27. The van der Waals surface area contributed by atoms with Gasteiger partial charge in [0, 0.05) is 19.8 Å². The van der Waals surface area contributed by atoms with Crippen LogP contribution >= 0.6 is 0 Å². The Morgan fingerprint density at radius 1 is 1.45 bits per heavy atom. The fourth-order valence-corrected chi connectivity index (χ4v) is 1.78.